The zero-order chi connectivity index (χ0) is 14.8. The summed E-state index contributed by atoms with van der Waals surface area (Å²) < 4.78 is 1.67. The molecule has 3 nitrogen and oxygen atoms in total. The van der Waals surface area contributed by atoms with Gasteiger partial charge in [0.2, 0.25) is 0 Å². The lowest BCUT2D eigenvalue weighted by Crippen LogP contribution is -2.12. The van der Waals surface area contributed by atoms with E-state index in [1.54, 1.807) is 12.3 Å². The topological polar surface area (TPSA) is 42.0 Å². The van der Waals surface area contributed by atoms with Gasteiger partial charge in [-0.25, -0.2) is 0 Å². The minimum atomic E-state index is -0.155. The number of nitrogens with zero attached hydrogens (tertiary/aromatic N) is 1. The molecule has 0 aliphatic heterocycles. The van der Waals surface area contributed by atoms with Crippen molar-refractivity contribution in [1.82, 2.24) is 4.98 Å². The van der Waals surface area contributed by atoms with Crippen LogP contribution >= 0.6 is 31.9 Å². The van der Waals surface area contributed by atoms with Crippen molar-refractivity contribution >= 4 is 54.4 Å². The van der Waals surface area contributed by atoms with Crippen LogP contribution < -0.4 is 5.32 Å². The van der Waals surface area contributed by atoms with Crippen molar-refractivity contribution in [2.45, 2.75) is 0 Å². The molecule has 1 heterocycles. The van der Waals surface area contributed by atoms with Crippen LogP contribution in [-0.4, -0.2) is 10.9 Å². The Labute approximate surface area is 138 Å². The molecule has 104 valence electrons. The number of aromatic nitrogens is 1. The van der Waals surface area contributed by atoms with Crippen molar-refractivity contribution in [1.29, 1.82) is 0 Å². The van der Waals surface area contributed by atoms with Crippen LogP contribution in [0.1, 0.15) is 10.4 Å². The van der Waals surface area contributed by atoms with Crippen LogP contribution in [0.5, 0.6) is 0 Å². The predicted molar refractivity (Wildman–Crippen MR) is 91.5 cm³/mol. The lowest BCUT2D eigenvalue weighted by atomic mass is 10.1. The predicted octanol–water partition coefficient (Wildman–Crippen LogP) is 5.01. The van der Waals surface area contributed by atoms with Crippen molar-refractivity contribution < 1.29 is 4.79 Å². The number of hydrogen-bond acceptors (Lipinski definition) is 2. The van der Waals surface area contributed by atoms with Crippen LogP contribution in [0.15, 0.2) is 63.7 Å². The first kappa shape index (κ1) is 14.2. The zero-order valence-electron chi connectivity index (χ0n) is 10.8. The third-order valence-electron chi connectivity index (χ3n) is 3.04. The molecule has 0 saturated heterocycles. The van der Waals surface area contributed by atoms with Crippen molar-refractivity contribution in [3.63, 3.8) is 0 Å². The van der Waals surface area contributed by atoms with E-state index in [0.29, 0.717) is 5.56 Å². The van der Waals surface area contributed by atoms with Gasteiger partial charge in [-0.05, 0) is 58.4 Å². The van der Waals surface area contributed by atoms with Gasteiger partial charge in [-0.15, -0.1) is 0 Å². The molecule has 1 aromatic heterocycles. The Bertz CT molecular complexity index is 833. The van der Waals surface area contributed by atoms with Gasteiger partial charge in [0, 0.05) is 26.2 Å². The molecule has 0 unspecified atom stereocenters. The quantitative estimate of drug-likeness (QED) is 0.650. The van der Waals surface area contributed by atoms with E-state index < -0.39 is 0 Å². The number of nitrogens with one attached hydrogen (secondary N) is 1. The average Bonchev–Trinajstić information content (AvgIpc) is 2.47. The molecule has 2 aromatic carbocycles. The summed E-state index contributed by atoms with van der Waals surface area (Å²) in [5.41, 5.74) is 2.24. The molecular formula is C16H10Br2N2O. The van der Waals surface area contributed by atoms with Gasteiger partial charge < -0.3 is 5.32 Å². The van der Waals surface area contributed by atoms with Gasteiger partial charge in [0.25, 0.3) is 5.91 Å². The van der Waals surface area contributed by atoms with E-state index in [0.717, 1.165) is 25.5 Å². The molecule has 0 atom stereocenters. The fourth-order valence-corrected chi connectivity index (χ4v) is 3.25. The lowest BCUT2D eigenvalue weighted by Gasteiger charge is -2.08. The summed E-state index contributed by atoms with van der Waals surface area (Å²) in [6.07, 6.45) is 1.75. The van der Waals surface area contributed by atoms with E-state index in [1.165, 1.54) is 0 Å². The monoisotopic (exact) mass is 404 g/mol. The Morgan fingerprint density at radius 1 is 1.05 bits per heavy atom. The number of rotatable bonds is 2. The third kappa shape index (κ3) is 3.14. The molecule has 5 heteroatoms. The van der Waals surface area contributed by atoms with Gasteiger partial charge in [-0.3, -0.25) is 9.78 Å². The standard InChI is InChI=1S/C16H10Br2N2O/c17-11-3-5-13(14(18)9-11)16(21)20-12-4-6-15-10(8-12)2-1-7-19-15/h1-9H,(H,20,21). The van der Waals surface area contributed by atoms with E-state index in [9.17, 15) is 4.79 Å². The molecule has 0 saturated carbocycles. The van der Waals surface area contributed by atoms with E-state index >= 15 is 0 Å². The van der Waals surface area contributed by atoms with Crippen molar-refractivity contribution in [2.75, 3.05) is 5.32 Å². The SMILES string of the molecule is O=C(Nc1ccc2ncccc2c1)c1ccc(Br)cc1Br. The molecule has 0 aliphatic carbocycles. The summed E-state index contributed by atoms with van der Waals surface area (Å²) in [5.74, 6) is -0.155. The van der Waals surface area contributed by atoms with Gasteiger partial charge in [0.1, 0.15) is 0 Å². The first-order valence-electron chi connectivity index (χ1n) is 6.25. The summed E-state index contributed by atoms with van der Waals surface area (Å²) in [7, 11) is 0. The molecule has 3 rings (SSSR count). The minimum absolute atomic E-state index is 0.155. The van der Waals surface area contributed by atoms with Crippen LogP contribution in [0.3, 0.4) is 0 Å². The molecular weight excluding hydrogens is 396 g/mol. The normalized spacial score (nSPS) is 10.6. The molecule has 0 aliphatic rings. The first-order chi connectivity index (χ1) is 10.1. The number of carbonyl (C=O) groups is 1. The fraction of sp³-hybridized carbons (Fsp3) is 0. The molecule has 21 heavy (non-hydrogen) atoms. The smallest absolute Gasteiger partial charge is 0.256 e. The Balaban J connectivity index is 1.89. The van der Waals surface area contributed by atoms with Gasteiger partial charge >= 0.3 is 0 Å². The fourth-order valence-electron chi connectivity index (χ4n) is 2.03. The number of benzene rings is 2. The number of fused-ring (bicyclic) bond motifs is 1. The van der Waals surface area contributed by atoms with Gasteiger partial charge in [0.05, 0.1) is 11.1 Å². The maximum atomic E-state index is 12.3. The van der Waals surface area contributed by atoms with Crippen molar-refractivity contribution in [3.8, 4) is 0 Å². The molecule has 1 N–H and O–H groups in total. The van der Waals surface area contributed by atoms with Gasteiger partial charge in [0.15, 0.2) is 0 Å². The van der Waals surface area contributed by atoms with Crippen molar-refractivity contribution in [3.05, 3.63) is 69.2 Å². The molecule has 0 bridgehead atoms. The summed E-state index contributed by atoms with van der Waals surface area (Å²) in [6.45, 7) is 0. The highest BCUT2D eigenvalue weighted by Gasteiger charge is 2.10. The highest BCUT2D eigenvalue weighted by molar-refractivity contribution is 9.11. The Morgan fingerprint density at radius 3 is 2.71 bits per heavy atom. The van der Waals surface area contributed by atoms with E-state index in [4.69, 9.17) is 0 Å². The maximum Gasteiger partial charge on any atom is 0.256 e. The number of carbonyl (C=O) groups excluding carboxylic acids is 1. The molecule has 3 aromatic rings. The second-order valence-corrected chi connectivity index (χ2v) is 6.26. The third-order valence-corrected chi connectivity index (χ3v) is 4.19. The van der Waals surface area contributed by atoms with Gasteiger partial charge in [-0.2, -0.15) is 0 Å². The minimum Gasteiger partial charge on any atom is -0.322 e. The van der Waals surface area contributed by atoms with Crippen LogP contribution in [-0.2, 0) is 0 Å². The highest BCUT2D eigenvalue weighted by Crippen LogP contribution is 2.23. The molecule has 0 fully saturated rings. The summed E-state index contributed by atoms with van der Waals surface area (Å²) in [4.78, 5) is 16.6. The van der Waals surface area contributed by atoms with E-state index in [-0.39, 0.29) is 5.91 Å². The maximum absolute atomic E-state index is 12.3. The lowest BCUT2D eigenvalue weighted by molar-refractivity contribution is 0.102. The van der Waals surface area contributed by atoms with Crippen LogP contribution in [0, 0.1) is 0 Å². The van der Waals surface area contributed by atoms with E-state index in [1.807, 2.05) is 42.5 Å². The van der Waals surface area contributed by atoms with Crippen LogP contribution in [0.25, 0.3) is 10.9 Å². The number of halogens is 2. The first-order valence-corrected chi connectivity index (χ1v) is 7.83. The number of pyridine rings is 1. The largest absolute Gasteiger partial charge is 0.322 e. The summed E-state index contributed by atoms with van der Waals surface area (Å²) in [6, 6.07) is 14.9. The van der Waals surface area contributed by atoms with E-state index in [2.05, 4.69) is 42.2 Å². The second kappa shape index (κ2) is 5.95. The Morgan fingerprint density at radius 2 is 1.90 bits per heavy atom. The number of anilines is 1. The average molecular weight is 406 g/mol. The van der Waals surface area contributed by atoms with Crippen LogP contribution in [0.2, 0.25) is 0 Å². The highest BCUT2D eigenvalue weighted by atomic mass is 79.9. The second-order valence-electron chi connectivity index (χ2n) is 4.49. The number of amides is 1. The summed E-state index contributed by atoms with van der Waals surface area (Å²) >= 11 is 6.77. The van der Waals surface area contributed by atoms with Crippen molar-refractivity contribution in [2.24, 2.45) is 0 Å². The van der Waals surface area contributed by atoms with Crippen LogP contribution in [0.4, 0.5) is 5.69 Å². The molecule has 0 radical (unpaired) electrons. The zero-order valence-corrected chi connectivity index (χ0v) is 14.0. The number of hydrogen-bond donors (Lipinski definition) is 1. The Hall–Kier alpha value is -1.72. The molecule has 1 amide bonds. The summed E-state index contributed by atoms with van der Waals surface area (Å²) in [5, 5.41) is 3.89. The Kier molecular flexibility index (Phi) is 4.03. The molecule has 0 spiro atoms. The van der Waals surface area contributed by atoms with Gasteiger partial charge in [-0.1, -0.05) is 22.0 Å².